The van der Waals surface area contributed by atoms with E-state index in [0.717, 1.165) is 5.56 Å². The van der Waals surface area contributed by atoms with Gasteiger partial charge in [0.2, 0.25) is 0 Å². The minimum Gasteiger partial charge on any atom is -0.294 e. The van der Waals surface area contributed by atoms with Gasteiger partial charge in [0.25, 0.3) is 0 Å². The summed E-state index contributed by atoms with van der Waals surface area (Å²) < 4.78 is 13.3. The van der Waals surface area contributed by atoms with Crippen LogP contribution < -0.4 is 0 Å². The lowest BCUT2D eigenvalue weighted by Gasteiger charge is -2.07. The molecule has 0 fully saturated rings. The molecular weight excluding hydrogens is 193 g/mol. The lowest BCUT2D eigenvalue weighted by Crippen LogP contribution is -2.12. The van der Waals surface area contributed by atoms with Crippen LogP contribution in [0.2, 0.25) is 0 Å². The first-order valence-electron chi connectivity index (χ1n) is 4.73. The summed E-state index contributed by atoms with van der Waals surface area (Å²) in [4.78, 5) is 11.7. The molecule has 3 heteroatoms. The topological polar surface area (TPSA) is 40.9 Å². The van der Waals surface area contributed by atoms with Gasteiger partial charge in [0.05, 0.1) is 11.6 Å². The number of hydrogen-bond donors (Lipinski definition) is 0. The van der Waals surface area contributed by atoms with Crippen molar-refractivity contribution in [3.8, 4) is 6.07 Å². The first-order valence-corrected chi connectivity index (χ1v) is 4.73. The van der Waals surface area contributed by atoms with Crippen LogP contribution in [0, 0.1) is 30.0 Å². The average Bonchev–Trinajstić information content (AvgIpc) is 2.21. The summed E-state index contributed by atoms with van der Waals surface area (Å²) >= 11 is 0. The standard InChI is InChI=1S/C12H12FNO/c1-8-3-4-11(13)10(7-8)12(15)9(2)5-6-14/h3-4,7,9H,5H2,1-2H3. The minimum atomic E-state index is -0.518. The van der Waals surface area contributed by atoms with Crippen LogP contribution in [0.3, 0.4) is 0 Å². The van der Waals surface area contributed by atoms with Gasteiger partial charge < -0.3 is 0 Å². The molecule has 0 heterocycles. The zero-order valence-corrected chi connectivity index (χ0v) is 8.75. The molecular formula is C12H12FNO. The largest absolute Gasteiger partial charge is 0.294 e. The van der Waals surface area contributed by atoms with Crippen LogP contribution in [0.25, 0.3) is 0 Å². The molecule has 1 aromatic carbocycles. The Morgan fingerprint density at radius 3 is 2.87 bits per heavy atom. The SMILES string of the molecule is Cc1ccc(F)c(C(=O)C(C)CC#N)c1. The average molecular weight is 205 g/mol. The first kappa shape index (κ1) is 11.4. The summed E-state index contributed by atoms with van der Waals surface area (Å²) in [6.45, 7) is 3.43. The monoisotopic (exact) mass is 205 g/mol. The second-order valence-electron chi connectivity index (χ2n) is 3.61. The van der Waals surface area contributed by atoms with Crippen molar-refractivity contribution in [2.24, 2.45) is 5.92 Å². The molecule has 2 nitrogen and oxygen atoms in total. The van der Waals surface area contributed by atoms with Crippen molar-refractivity contribution < 1.29 is 9.18 Å². The lowest BCUT2D eigenvalue weighted by molar-refractivity contribution is 0.0927. The molecule has 0 aliphatic heterocycles. The molecule has 1 aromatic rings. The minimum absolute atomic E-state index is 0.0813. The molecule has 0 bridgehead atoms. The fourth-order valence-corrected chi connectivity index (χ4v) is 1.32. The van der Waals surface area contributed by atoms with E-state index in [1.54, 1.807) is 19.9 Å². The highest BCUT2D eigenvalue weighted by Crippen LogP contribution is 2.16. The number of nitriles is 1. The Kier molecular flexibility index (Phi) is 3.56. The van der Waals surface area contributed by atoms with Gasteiger partial charge in [-0.25, -0.2) is 4.39 Å². The molecule has 0 spiro atoms. The number of rotatable bonds is 3. The third-order valence-corrected chi connectivity index (χ3v) is 2.23. The quantitative estimate of drug-likeness (QED) is 0.712. The highest BCUT2D eigenvalue weighted by Gasteiger charge is 2.18. The number of hydrogen-bond acceptors (Lipinski definition) is 2. The summed E-state index contributed by atoms with van der Waals surface area (Å²) in [7, 11) is 0. The van der Waals surface area contributed by atoms with Crippen LogP contribution in [0.5, 0.6) is 0 Å². The molecule has 0 saturated carbocycles. The van der Waals surface area contributed by atoms with E-state index >= 15 is 0 Å². The van der Waals surface area contributed by atoms with Gasteiger partial charge in [0.1, 0.15) is 5.82 Å². The molecule has 0 amide bonds. The molecule has 0 N–H and O–H groups in total. The van der Waals surface area contributed by atoms with E-state index in [2.05, 4.69) is 0 Å². The van der Waals surface area contributed by atoms with Crippen molar-refractivity contribution in [1.29, 1.82) is 5.26 Å². The predicted molar refractivity (Wildman–Crippen MR) is 54.9 cm³/mol. The van der Waals surface area contributed by atoms with Gasteiger partial charge in [-0.05, 0) is 19.1 Å². The van der Waals surface area contributed by atoms with Crippen LogP contribution in [0.15, 0.2) is 18.2 Å². The Labute approximate surface area is 88.3 Å². The third kappa shape index (κ3) is 2.63. The van der Waals surface area contributed by atoms with Gasteiger partial charge in [0.15, 0.2) is 5.78 Å². The smallest absolute Gasteiger partial charge is 0.169 e. The molecule has 0 aliphatic rings. The number of halogens is 1. The van der Waals surface area contributed by atoms with Crippen molar-refractivity contribution in [2.75, 3.05) is 0 Å². The van der Waals surface area contributed by atoms with Crippen LogP contribution in [0.1, 0.15) is 29.3 Å². The molecule has 78 valence electrons. The van der Waals surface area contributed by atoms with Crippen LogP contribution in [0.4, 0.5) is 4.39 Å². The molecule has 1 atom stereocenters. The van der Waals surface area contributed by atoms with Gasteiger partial charge >= 0.3 is 0 Å². The number of aryl methyl sites for hydroxylation is 1. The molecule has 0 saturated heterocycles. The normalized spacial score (nSPS) is 11.9. The van der Waals surface area contributed by atoms with Gasteiger partial charge in [0, 0.05) is 12.3 Å². The predicted octanol–water partition coefficient (Wildman–Crippen LogP) is 2.87. The van der Waals surface area contributed by atoms with E-state index in [1.165, 1.54) is 12.1 Å². The zero-order valence-electron chi connectivity index (χ0n) is 8.75. The molecule has 1 rings (SSSR count). The Hall–Kier alpha value is -1.69. The highest BCUT2D eigenvalue weighted by atomic mass is 19.1. The first-order chi connectivity index (χ1) is 7.06. The Morgan fingerprint density at radius 2 is 2.27 bits per heavy atom. The van der Waals surface area contributed by atoms with Crippen LogP contribution >= 0.6 is 0 Å². The number of carbonyl (C=O) groups excluding carboxylic acids is 1. The third-order valence-electron chi connectivity index (χ3n) is 2.23. The second kappa shape index (κ2) is 4.70. The van der Waals surface area contributed by atoms with E-state index in [0.29, 0.717) is 0 Å². The van der Waals surface area contributed by atoms with E-state index in [1.807, 2.05) is 6.07 Å². The van der Waals surface area contributed by atoms with Crippen LogP contribution in [-0.4, -0.2) is 5.78 Å². The zero-order chi connectivity index (χ0) is 11.4. The Balaban J connectivity index is 3.01. The van der Waals surface area contributed by atoms with Crippen molar-refractivity contribution >= 4 is 5.78 Å². The summed E-state index contributed by atoms with van der Waals surface area (Å²) in [6.07, 6.45) is 0.117. The van der Waals surface area contributed by atoms with E-state index in [-0.39, 0.29) is 17.8 Å². The maximum atomic E-state index is 13.3. The van der Waals surface area contributed by atoms with Gasteiger partial charge in [-0.15, -0.1) is 0 Å². The number of benzene rings is 1. The van der Waals surface area contributed by atoms with E-state index in [9.17, 15) is 9.18 Å². The molecule has 15 heavy (non-hydrogen) atoms. The summed E-state index contributed by atoms with van der Waals surface area (Å²) in [6, 6.07) is 6.32. The maximum absolute atomic E-state index is 13.3. The fourth-order valence-electron chi connectivity index (χ4n) is 1.32. The van der Waals surface area contributed by atoms with Gasteiger partial charge in [-0.3, -0.25) is 4.79 Å². The lowest BCUT2D eigenvalue weighted by atomic mass is 9.95. The molecule has 0 aliphatic carbocycles. The van der Waals surface area contributed by atoms with Gasteiger partial charge in [-0.1, -0.05) is 18.6 Å². The molecule has 1 unspecified atom stereocenters. The Bertz CT molecular complexity index is 420. The molecule has 0 radical (unpaired) electrons. The number of Topliss-reactive ketones (excluding diaryl/α,β-unsaturated/α-hetero) is 1. The summed E-state index contributed by atoms with van der Waals surface area (Å²) in [5.74, 6) is -1.28. The van der Waals surface area contributed by atoms with Crippen molar-refractivity contribution in [2.45, 2.75) is 20.3 Å². The number of carbonyl (C=O) groups is 1. The fraction of sp³-hybridized carbons (Fsp3) is 0.333. The van der Waals surface area contributed by atoms with E-state index in [4.69, 9.17) is 5.26 Å². The van der Waals surface area contributed by atoms with Crippen LogP contribution in [-0.2, 0) is 0 Å². The molecule has 0 aromatic heterocycles. The van der Waals surface area contributed by atoms with Crippen molar-refractivity contribution in [1.82, 2.24) is 0 Å². The highest BCUT2D eigenvalue weighted by molar-refractivity contribution is 5.98. The number of nitrogens with zero attached hydrogens (tertiary/aromatic N) is 1. The van der Waals surface area contributed by atoms with Crippen molar-refractivity contribution in [3.05, 3.63) is 35.1 Å². The summed E-state index contributed by atoms with van der Waals surface area (Å²) in [5, 5.41) is 8.46. The second-order valence-corrected chi connectivity index (χ2v) is 3.61. The van der Waals surface area contributed by atoms with E-state index < -0.39 is 11.7 Å². The Morgan fingerprint density at radius 1 is 1.60 bits per heavy atom. The summed E-state index contributed by atoms with van der Waals surface area (Å²) in [5.41, 5.74) is 0.918. The van der Waals surface area contributed by atoms with Gasteiger partial charge in [-0.2, -0.15) is 5.26 Å². The maximum Gasteiger partial charge on any atom is 0.169 e. The number of ketones is 1. The van der Waals surface area contributed by atoms with Crippen molar-refractivity contribution in [3.63, 3.8) is 0 Å².